The van der Waals surface area contributed by atoms with Gasteiger partial charge in [-0.2, -0.15) is 0 Å². The first-order valence-electron chi connectivity index (χ1n) is 12.4. The van der Waals surface area contributed by atoms with E-state index in [0.29, 0.717) is 38.7 Å². The summed E-state index contributed by atoms with van der Waals surface area (Å²) in [6.07, 6.45) is 3.38. The third-order valence-electron chi connectivity index (χ3n) is 7.26. The van der Waals surface area contributed by atoms with Crippen molar-refractivity contribution in [1.82, 2.24) is 4.98 Å². The second-order valence-electron chi connectivity index (χ2n) is 9.63. The van der Waals surface area contributed by atoms with Crippen LogP contribution in [0.5, 0.6) is 5.75 Å². The third kappa shape index (κ3) is 6.01. The van der Waals surface area contributed by atoms with Gasteiger partial charge in [-0.1, -0.05) is 24.3 Å². The molecule has 0 radical (unpaired) electrons. The van der Waals surface area contributed by atoms with Crippen molar-refractivity contribution >= 4 is 11.8 Å². The van der Waals surface area contributed by atoms with Crippen LogP contribution in [0.3, 0.4) is 0 Å². The molecule has 2 aromatic carbocycles. The molecule has 1 fully saturated rings. The van der Waals surface area contributed by atoms with E-state index in [1.807, 2.05) is 30.0 Å². The molecule has 1 atom stereocenters. The molecule has 3 heterocycles. The summed E-state index contributed by atoms with van der Waals surface area (Å²) in [5, 5.41) is 11.0. The number of morpholine rings is 1. The normalized spacial score (nSPS) is 16.6. The van der Waals surface area contributed by atoms with Gasteiger partial charge in [0.25, 0.3) is 0 Å². The minimum Gasteiger partial charge on any atom is -0.550 e. The number of nitrogens with zero attached hydrogens (tertiary/aromatic N) is 2. The Kier molecular flexibility index (Phi) is 8.90. The Bertz CT molecular complexity index is 1290. The first kappa shape index (κ1) is 27.6. The van der Waals surface area contributed by atoms with E-state index in [1.165, 1.54) is 5.56 Å². The number of rotatable bonds is 7. The van der Waals surface area contributed by atoms with Crippen molar-refractivity contribution in [1.29, 1.82) is 0 Å². The van der Waals surface area contributed by atoms with Gasteiger partial charge in [0, 0.05) is 42.3 Å². The van der Waals surface area contributed by atoms with Gasteiger partial charge in [0.1, 0.15) is 5.75 Å². The Balaban J connectivity index is 0.00000320. The molecule has 2 aliphatic rings. The van der Waals surface area contributed by atoms with Crippen molar-refractivity contribution in [3.05, 3.63) is 76.2 Å². The molecule has 6 nitrogen and oxygen atoms in total. The molecule has 37 heavy (non-hydrogen) atoms. The molecule has 5 rings (SSSR count). The number of aromatic nitrogens is 1. The van der Waals surface area contributed by atoms with Crippen LogP contribution in [-0.2, 0) is 22.4 Å². The number of ether oxygens (including phenoxy) is 2. The number of pyridine rings is 1. The molecule has 1 aromatic heterocycles. The van der Waals surface area contributed by atoms with Crippen LogP contribution >= 0.6 is 0 Å². The maximum atomic E-state index is 15.1. The zero-order valence-corrected chi connectivity index (χ0v) is 23.7. The number of aliphatic carboxylic acids is 1. The van der Waals surface area contributed by atoms with E-state index in [-0.39, 0.29) is 47.7 Å². The number of carbonyl (C=O) groups excluding carboxylic acids is 1. The van der Waals surface area contributed by atoms with Crippen LogP contribution in [0.15, 0.2) is 42.6 Å². The van der Waals surface area contributed by atoms with Gasteiger partial charge in [0.05, 0.1) is 19.8 Å². The van der Waals surface area contributed by atoms with E-state index in [1.54, 1.807) is 12.3 Å². The number of fused-ring (bicyclic) bond motifs is 1. The Morgan fingerprint density at radius 2 is 1.92 bits per heavy atom. The predicted molar refractivity (Wildman–Crippen MR) is 134 cm³/mol. The summed E-state index contributed by atoms with van der Waals surface area (Å²) in [5.74, 6) is -0.369. The van der Waals surface area contributed by atoms with Crippen molar-refractivity contribution in [2.75, 3.05) is 37.8 Å². The Hall–Kier alpha value is -2.45. The second kappa shape index (κ2) is 11.9. The van der Waals surface area contributed by atoms with Gasteiger partial charge in [-0.15, -0.1) is 0 Å². The summed E-state index contributed by atoms with van der Waals surface area (Å²) < 4.78 is 26.2. The SMILES string of the molecule is Cc1ccc(CCc2ccc3c(c2)OC[C@H]3CC(=O)[O-])c(C)c1-c1cnc(N2CCOCC2)c(F)c1.[Na+]. The fourth-order valence-electron chi connectivity index (χ4n) is 5.31. The molecule has 0 aliphatic carbocycles. The molecular weight excluding hydrogens is 482 g/mol. The zero-order chi connectivity index (χ0) is 25.2. The van der Waals surface area contributed by atoms with Crippen molar-refractivity contribution in [3.8, 4) is 16.9 Å². The summed E-state index contributed by atoms with van der Waals surface area (Å²) in [6, 6.07) is 11.9. The van der Waals surface area contributed by atoms with E-state index < -0.39 is 5.97 Å². The molecule has 2 aliphatic heterocycles. The van der Waals surface area contributed by atoms with Crippen LogP contribution in [-0.4, -0.2) is 43.9 Å². The van der Waals surface area contributed by atoms with Gasteiger partial charge < -0.3 is 24.3 Å². The summed E-state index contributed by atoms with van der Waals surface area (Å²) in [5.41, 5.74) is 7.28. The topological polar surface area (TPSA) is 74.7 Å². The number of carboxylic acid groups (broad SMARTS) is 1. The van der Waals surface area contributed by atoms with Crippen LogP contribution in [0.4, 0.5) is 10.2 Å². The number of carboxylic acids is 1. The summed E-state index contributed by atoms with van der Waals surface area (Å²) in [7, 11) is 0. The fraction of sp³-hybridized carbons (Fsp3) is 0.379. The van der Waals surface area contributed by atoms with E-state index in [9.17, 15) is 9.90 Å². The molecule has 188 valence electrons. The maximum Gasteiger partial charge on any atom is 1.00 e. The second-order valence-corrected chi connectivity index (χ2v) is 9.63. The third-order valence-corrected chi connectivity index (χ3v) is 7.26. The Labute approximate surface area is 239 Å². The van der Waals surface area contributed by atoms with Gasteiger partial charge in [-0.05, 0) is 73.1 Å². The number of hydrogen-bond donors (Lipinski definition) is 0. The number of hydrogen-bond acceptors (Lipinski definition) is 6. The van der Waals surface area contributed by atoms with Crippen LogP contribution < -0.4 is 44.3 Å². The van der Waals surface area contributed by atoms with Crippen molar-refractivity contribution in [3.63, 3.8) is 0 Å². The monoisotopic (exact) mass is 512 g/mol. The molecule has 3 aromatic rings. The molecule has 1 saturated heterocycles. The largest absolute Gasteiger partial charge is 1.00 e. The molecule has 0 amide bonds. The molecule has 0 saturated carbocycles. The number of halogens is 1. The van der Waals surface area contributed by atoms with Gasteiger partial charge in [-0.25, -0.2) is 9.37 Å². The van der Waals surface area contributed by atoms with Crippen molar-refractivity contribution in [2.45, 2.75) is 39.0 Å². The predicted octanol–water partition coefficient (Wildman–Crippen LogP) is 0.746. The minimum atomic E-state index is -1.06. The number of aryl methyl sites for hydroxylation is 3. The van der Waals surface area contributed by atoms with Crippen molar-refractivity contribution in [2.24, 2.45) is 0 Å². The minimum absolute atomic E-state index is 0. The van der Waals surface area contributed by atoms with Crippen LogP contribution in [0.2, 0.25) is 0 Å². The quantitative estimate of drug-likeness (QED) is 0.435. The first-order valence-corrected chi connectivity index (χ1v) is 12.4. The van der Waals surface area contributed by atoms with E-state index in [0.717, 1.165) is 52.0 Å². The first-order chi connectivity index (χ1) is 17.4. The summed E-state index contributed by atoms with van der Waals surface area (Å²) >= 11 is 0. The van der Waals surface area contributed by atoms with Crippen LogP contribution in [0.25, 0.3) is 11.1 Å². The molecule has 0 unspecified atom stereocenters. The van der Waals surface area contributed by atoms with Crippen LogP contribution in [0.1, 0.15) is 40.2 Å². The van der Waals surface area contributed by atoms with Gasteiger partial charge >= 0.3 is 29.6 Å². The van der Waals surface area contributed by atoms with Gasteiger partial charge in [0.15, 0.2) is 11.6 Å². The zero-order valence-electron chi connectivity index (χ0n) is 21.7. The summed E-state index contributed by atoms with van der Waals surface area (Å²) in [4.78, 5) is 17.4. The number of carbonyl (C=O) groups is 1. The molecule has 0 N–H and O–H groups in total. The van der Waals surface area contributed by atoms with E-state index >= 15 is 4.39 Å². The average molecular weight is 513 g/mol. The van der Waals surface area contributed by atoms with Crippen molar-refractivity contribution < 1.29 is 53.3 Å². The van der Waals surface area contributed by atoms with Gasteiger partial charge in [0.2, 0.25) is 0 Å². The summed E-state index contributed by atoms with van der Waals surface area (Å²) in [6.45, 7) is 6.95. The smallest absolute Gasteiger partial charge is 0.550 e. The number of benzene rings is 2. The van der Waals surface area contributed by atoms with Gasteiger partial charge in [-0.3, -0.25) is 0 Å². The van der Waals surface area contributed by atoms with E-state index in [2.05, 4.69) is 24.0 Å². The molecule has 0 bridgehead atoms. The van der Waals surface area contributed by atoms with E-state index in [4.69, 9.17) is 9.47 Å². The Morgan fingerprint density at radius 1 is 1.14 bits per heavy atom. The molecule has 8 heteroatoms. The average Bonchev–Trinajstić information content (AvgIpc) is 3.25. The maximum absolute atomic E-state index is 15.1. The fourth-order valence-corrected chi connectivity index (χ4v) is 5.31. The Morgan fingerprint density at radius 3 is 2.65 bits per heavy atom. The number of anilines is 1. The molecule has 0 spiro atoms. The standard InChI is InChI=1S/C29H31FN2O4.Na/c1-18-3-6-21(7-4-20-5-8-24-23(15-27(33)34)17-36-26(24)13-20)19(2)28(18)22-14-25(30)29(31-16-22)32-9-11-35-12-10-32;/h3,5-6,8,13-14,16,23H,4,7,9-12,15,17H2,1-2H3,(H,33,34);/q;+1/p-1/t23-;/m1./s1. The molecular formula is C29H30FN2NaO4. The van der Waals surface area contributed by atoms with Crippen LogP contribution in [0, 0.1) is 19.7 Å².